The summed E-state index contributed by atoms with van der Waals surface area (Å²) in [5.41, 5.74) is 5.33. The molecule has 0 unspecified atom stereocenters. The van der Waals surface area contributed by atoms with Crippen LogP contribution in [0.3, 0.4) is 0 Å². The summed E-state index contributed by atoms with van der Waals surface area (Å²) in [7, 11) is 3.59. The number of nitrogens with zero attached hydrogens (tertiary/aromatic N) is 1. The van der Waals surface area contributed by atoms with Crippen LogP contribution in [-0.2, 0) is 25.8 Å². The third kappa shape index (κ3) is 5.06. The molecular weight excluding hydrogens is 444 g/mol. The predicted octanol–water partition coefficient (Wildman–Crippen LogP) is 4.37. The van der Waals surface area contributed by atoms with Crippen LogP contribution in [0.2, 0.25) is 0 Å². The normalized spacial score (nSPS) is 11.0. The van der Waals surface area contributed by atoms with E-state index in [2.05, 4.69) is 37.5 Å². The Bertz CT molecular complexity index is 591. The zero-order chi connectivity index (χ0) is 16.2. The predicted molar refractivity (Wildman–Crippen MR) is 89.8 cm³/mol. The molecule has 0 bridgehead atoms. The van der Waals surface area contributed by atoms with E-state index in [0.29, 0.717) is 5.76 Å². The molecule has 22 heavy (non-hydrogen) atoms. The van der Waals surface area contributed by atoms with Crippen molar-refractivity contribution in [2.24, 2.45) is 0 Å². The maximum Gasteiger partial charge on any atom is 0.116 e. The van der Waals surface area contributed by atoms with Gasteiger partial charge in [-0.3, -0.25) is 0 Å². The first kappa shape index (κ1) is 20.5. The summed E-state index contributed by atoms with van der Waals surface area (Å²) in [5.74, 6) is 1.45. The first-order valence-electron chi connectivity index (χ1n) is 6.87. The number of aryl methyl sites for hydroxylation is 2. The van der Waals surface area contributed by atoms with Crippen molar-refractivity contribution in [2.45, 2.75) is 27.7 Å². The van der Waals surface area contributed by atoms with Crippen molar-refractivity contribution in [3.05, 3.63) is 65.3 Å². The molecule has 0 aliphatic rings. The Morgan fingerprint density at radius 2 is 1.86 bits per heavy atom. The average Bonchev–Trinajstić information content (AvgIpc) is 2.46. The molecule has 0 saturated carbocycles. The summed E-state index contributed by atoms with van der Waals surface area (Å²) < 4.78 is 5.18. The van der Waals surface area contributed by atoms with E-state index in [1.54, 1.807) is 7.11 Å². The molecule has 0 spiro atoms. The Morgan fingerprint density at radius 3 is 2.36 bits per heavy atom. The first-order chi connectivity index (χ1) is 9.77. The van der Waals surface area contributed by atoms with Crippen LogP contribution in [0, 0.1) is 19.9 Å². The van der Waals surface area contributed by atoms with Gasteiger partial charge >= 0.3 is 0 Å². The van der Waals surface area contributed by atoms with Crippen molar-refractivity contribution >= 4 is 5.69 Å². The molecule has 4 heteroatoms. The summed E-state index contributed by atoms with van der Waals surface area (Å²) >= 11 is 0. The zero-order valence-corrected chi connectivity index (χ0v) is 17.3. The van der Waals surface area contributed by atoms with Crippen LogP contribution in [0.1, 0.15) is 25.0 Å². The molecule has 0 fully saturated rings. The molecule has 0 amide bonds. The van der Waals surface area contributed by atoms with Crippen molar-refractivity contribution < 1.29 is 25.8 Å². The van der Waals surface area contributed by atoms with Gasteiger partial charge in [0.2, 0.25) is 0 Å². The van der Waals surface area contributed by atoms with Crippen molar-refractivity contribution in [3.8, 4) is 0 Å². The van der Waals surface area contributed by atoms with Crippen LogP contribution in [0.25, 0.3) is 0 Å². The molecule has 0 aromatic heterocycles. The van der Waals surface area contributed by atoms with E-state index in [1.807, 2.05) is 38.8 Å². The quantitative estimate of drug-likeness (QED) is 0.381. The van der Waals surface area contributed by atoms with Gasteiger partial charge in [-0.05, 0) is 13.8 Å². The van der Waals surface area contributed by atoms with Crippen LogP contribution in [-0.4, -0.2) is 19.1 Å². The summed E-state index contributed by atoms with van der Waals surface area (Å²) in [6, 6.07) is 7.24. The van der Waals surface area contributed by atoms with Gasteiger partial charge < -0.3 is 15.0 Å². The second kappa shape index (κ2) is 8.85. The number of hydrogen-bond acceptors (Lipinski definition) is 3. The fraction of sp³-hybridized carbons (Fsp3) is 0.333. The SMILES string of the molecule is C=C(OC)/C(C)=C(/C)N(C)C(=C)Nc1c[c-]c(C)cc1C.[W]. The molecule has 1 aromatic rings. The minimum Gasteiger partial charge on any atom is -0.497 e. The topological polar surface area (TPSA) is 24.5 Å². The third-order valence-electron chi connectivity index (χ3n) is 3.70. The van der Waals surface area contributed by atoms with Gasteiger partial charge in [-0.15, -0.1) is 5.56 Å². The molecule has 3 nitrogen and oxygen atoms in total. The molecule has 0 heterocycles. The van der Waals surface area contributed by atoms with Gasteiger partial charge in [0, 0.05) is 39.4 Å². The molecule has 0 atom stereocenters. The maximum atomic E-state index is 5.18. The van der Waals surface area contributed by atoms with Crippen LogP contribution in [0.5, 0.6) is 0 Å². The molecule has 1 N–H and O–H groups in total. The molecule has 1 aromatic carbocycles. The molecule has 0 aliphatic heterocycles. The van der Waals surface area contributed by atoms with Crippen molar-refractivity contribution in [2.75, 3.05) is 19.5 Å². The van der Waals surface area contributed by atoms with Gasteiger partial charge in [-0.25, -0.2) is 0 Å². The monoisotopic (exact) mass is 469 g/mol. The minimum atomic E-state index is 0. The summed E-state index contributed by atoms with van der Waals surface area (Å²) in [4.78, 5) is 1.98. The van der Waals surface area contributed by atoms with Crippen molar-refractivity contribution in [1.29, 1.82) is 0 Å². The molecule has 0 saturated heterocycles. The van der Waals surface area contributed by atoms with Gasteiger partial charge in [0.1, 0.15) is 5.76 Å². The van der Waals surface area contributed by atoms with Gasteiger partial charge in [0.05, 0.1) is 12.9 Å². The van der Waals surface area contributed by atoms with Gasteiger partial charge in [-0.2, -0.15) is 23.8 Å². The number of rotatable bonds is 6. The van der Waals surface area contributed by atoms with Crippen LogP contribution >= 0.6 is 0 Å². The Kier molecular flexibility index (Phi) is 8.25. The van der Waals surface area contributed by atoms with E-state index in [4.69, 9.17) is 4.74 Å². The van der Waals surface area contributed by atoms with Crippen LogP contribution in [0.4, 0.5) is 5.69 Å². The van der Waals surface area contributed by atoms with E-state index in [-0.39, 0.29) is 21.1 Å². The second-order valence-electron chi connectivity index (χ2n) is 5.18. The van der Waals surface area contributed by atoms with E-state index >= 15 is 0 Å². The van der Waals surface area contributed by atoms with Crippen LogP contribution < -0.4 is 5.32 Å². The summed E-state index contributed by atoms with van der Waals surface area (Å²) in [5, 5.41) is 3.33. The molecule has 0 radical (unpaired) electrons. The van der Waals surface area contributed by atoms with E-state index < -0.39 is 0 Å². The fourth-order valence-corrected chi connectivity index (χ4v) is 1.93. The second-order valence-corrected chi connectivity index (χ2v) is 5.18. The molecular formula is C18H25N2OW-. The summed E-state index contributed by atoms with van der Waals surface area (Å²) in [6.07, 6.45) is 0. The van der Waals surface area contributed by atoms with Gasteiger partial charge in [0.15, 0.2) is 0 Å². The Hall–Kier alpha value is -1.47. The molecule has 1 rings (SSSR count). The van der Waals surface area contributed by atoms with Crippen molar-refractivity contribution in [1.82, 2.24) is 4.90 Å². The Labute approximate surface area is 149 Å². The first-order valence-corrected chi connectivity index (χ1v) is 6.87. The molecule has 120 valence electrons. The number of nitrogens with one attached hydrogen (secondary N) is 1. The number of hydrogen-bond donors (Lipinski definition) is 1. The van der Waals surface area contributed by atoms with E-state index in [0.717, 1.165) is 28.3 Å². The fourth-order valence-electron chi connectivity index (χ4n) is 1.93. The smallest absolute Gasteiger partial charge is 0.116 e. The number of benzene rings is 1. The van der Waals surface area contributed by atoms with Gasteiger partial charge in [-0.1, -0.05) is 32.7 Å². The zero-order valence-electron chi connectivity index (χ0n) is 14.3. The van der Waals surface area contributed by atoms with E-state index in [1.165, 1.54) is 5.56 Å². The Balaban J connectivity index is 0.00000441. The number of methoxy groups -OCH3 is 1. The average molecular weight is 469 g/mol. The Morgan fingerprint density at radius 1 is 1.27 bits per heavy atom. The van der Waals surface area contributed by atoms with E-state index in [9.17, 15) is 0 Å². The standard InChI is InChI=1S/C18H25N2O.W/c1-12-9-10-18(13(2)11-12)19-17(6)20(7)15(4)14(3)16(5)21-8;/h10-11,19H,5-6H2,1-4,7-8H3;/q-1;/b15-14-;. The van der Waals surface area contributed by atoms with Crippen LogP contribution in [0.15, 0.2) is 48.1 Å². The number of ether oxygens (including phenoxy) is 1. The molecule has 0 aliphatic carbocycles. The minimum absolute atomic E-state index is 0. The summed E-state index contributed by atoms with van der Waals surface area (Å²) in [6.45, 7) is 16.1. The van der Waals surface area contributed by atoms with Crippen molar-refractivity contribution in [3.63, 3.8) is 0 Å². The maximum absolute atomic E-state index is 5.18. The van der Waals surface area contributed by atoms with Gasteiger partial charge in [0.25, 0.3) is 0 Å². The largest absolute Gasteiger partial charge is 0.497 e. The third-order valence-corrected chi connectivity index (χ3v) is 3.70. The number of anilines is 1. The number of allylic oxidation sites excluding steroid dienone is 2.